The van der Waals surface area contributed by atoms with Gasteiger partial charge in [0, 0.05) is 17.9 Å². The lowest BCUT2D eigenvalue weighted by Crippen LogP contribution is -2.18. The third-order valence-corrected chi connectivity index (χ3v) is 5.60. The molecule has 0 fully saturated rings. The van der Waals surface area contributed by atoms with Crippen LogP contribution in [-0.2, 0) is 21.1 Å². The number of aromatic nitrogens is 3. The molecule has 0 aliphatic carbocycles. The molecule has 7 nitrogen and oxygen atoms in total. The second-order valence-electron chi connectivity index (χ2n) is 7.65. The lowest BCUT2D eigenvalue weighted by atomic mass is 9.90. The van der Waals surface area contributed by atoms with Crippen molar-refractivity contribution < 1.29 is 13.4 Å². The lowest BCUT2D eigenvalue weighted by Gasteiger charge is -2.18. The Morgan fingerprint density at radius 1 is 1.25 bits per heavy atom. The fourth-order valence-corrected chi connectivity index (χ4v) is 3.94. The largest absolute Gasteiger partial charge is 0.272 e. The van der Waals surface area contributed by atoms with Crippen LogP contribution in [0.25, 0.3) is 0 Å². The Balaban J connectivity index is 2.45. The van der Waals surface area contributed by atoms with Crippen molar-refractivity contribution in [1.29, 1.82) is 0 Å². The molecule has 2 heterocycles. The van der Waals surface area contributed by atoms with E-state index in [9.17, 15) is 13.4 Å². The van der Waals surface area contributed by atoms with Crippen LogP contribution in [0.1, 0.15) is 76.2 Å². The normalized spacial score (nSPS) is 14.0. The van der Waals surface area contributed by atoms with E-state index in [1.807, 2.05) is 41.5 Å². The van der Waals surface area contributed by atoms with E-state index < -0.39 is 21.6 Å². The molecular weight excluding hydrogens is 381 g/mol. The summed E-state index contributed by atoms with van der Waals surface area (Å²) >= 11 is 0. The number of hydrogen-bond donors (Lipinski definition) is 1. The number of nitrogens with zero attached hydrogens (tertiary/aromatic N) is 4. The van der Waals surface area contributed by atoms with Gasteiger partial charge in [-0.15, -0.1) is 4.36 Å². The van der Waals surface area contributed by atoms with Crippen LogP contribution in [0.4, 0.5) is 4.39 Å². The second kappa shape index (κ2) is 8.48. The number of carbonyl (C=O) groups is 1. The summed E-state index contributed by atoms with van der Waals surface area (Å²) in [5, 5.41) is 9.99. The maximum Gasteiger partial charge on any atom is 0.259 e. The summed E-state index contributed by atoms with van der Waals surface area (Å²) in [4.78, 5) is 16.8. The first-order valence-electron chi connectivity index (χ1n) is 9.24. The fourth-order valence-electron chi connectivity index (χ4n) is 3.01. The van der Waals surface area contributed by atoms with Crippen molar-refractivity contribution in [2.24, 2.45) is 9.50 Å². The standard InChI is InChI=1S/C19H28FN5O2S/c1-11(2)18-14(19(12(3)4)22-10-15(18)20)9-16(26)24-28(21,27)17-7-8-25(23-17)13(5)6/h7-8,10-13H,9H2,1-6H3,(H2,21,24,26,27). The first-order valence-corrected chi connectivity index (χ1v) is 10.8. The molecule has 0 aliphatic rings. The Morgan fingerprint density at radius 2 is 1.89 bits per heavy atom. The molecule has 0 spiro atoms. The second-order valence-corrected chi connectivity index (χ2v) is 9.39. The third-order valence-electron chi connectivity index (χ3n) is 4.31. The average Bonchev–Trinajstić information content (AvgIpc) is 3.04. The predicted octanol–water partition coefficient (Wildman–Crippen LogP) is 3.71. The Hall–Kier alpha value is -2.13. The summed E-state index contributed by atoms with van der Waals surface area (Å²) < 4.78 is 32.4. The van der Waals surface area contributed by atoms with Crippen LogP contribution in [0.15, 0.2) is 27.8 Å². The molecule has 0 radical (unpaired) electrons. The van der Waals surface area contributed by atoms with Crippen molar-refractivity contribution in [3.05, 3.63) is 41.1 Å². The first kappa shape index (κ1) is 22.2. The molecule has 2 rings (SSSR count). The van der Waals surface area contributed by atoms with Gasteiger partial charge in [0.25, 0.3) is 5.91 Å². The minimum atomic E-state index is -3.49. The molecule has 154 valence electrons. The quantitative estimate of drug-likeness (QED) is 0.785. The highest BCUT2D eigenvalue weighted by Crippen LogP contribution is 2.29. The molecule has 28 heavy (non-hydrogen) atoms. The summed E-state index contributed by atoms with van der Waals surface area (Å²) in [6.07, 6.45) is 2.60. The van der Waals surface area contributed by atoms with Crippen LogP contribution >= 0.6 is 0 Å². The maximum absolute atomic E-state index is 14.4. The van der Waals surface area contributed by atoms with E-state index in [2.05, 4.69) is 14.4 Å². The predicted molar refractivity (Wildman–Crippen MR) is 107 cm³/mol. The molecular formula is C19H28FN5O2S. The minimum Gasteiger partial charge on any atom is -0.272 e. The smallest absolute Gasteiger partial charge is 0.259 e. The van der Waals surface area contributed by atoms with Gasteiger partial charge in [-0.1, -0.05) is 27.7 Å². The van der Waals surface area contributed by atoms with Gasteiger partial charge in [0.05, 0.1) is 12.6 Å². The van der Waals surface area contributed by atoms with Gasteiger partial charge in [0.1, 0.15) is 5.82 Å². The minimum absolute atomic E-state index is 0.00938. The molecule has 1 amide bonds. The number of halogens is 1. The number of hydrogen-bond acceptors (Lipinski definition) is 4. The Labute approximate surface area is 165 Å². The molecule has 2 N–H and O–H groups in total. The lowest BCUT2D eigenvalue weighted by molar-refractivity contribution is -0.117. The van der Waals surface area contributed by atoms with Crippen LogP contribution < -0.4 is 5.14 Å². The van der Waals surface area contributed by atoms with Gasteiger partial charge in [0.2, 0.25) is 0 Å². The molecule has 2 aromatic heterocycles. The third kappa shape index (κ3) is 4.82. The van der Waals surface area contributed by atoms with E-state index in [4.69, 9.17) is 5.14 Å². The number of amides is 1. The van der Waals surface area contributed by atoms with Gasteiger partial charge >= 0.3 is 0 Å². The van der Waals surface area contributed by atoms with Crippen LogP contribution in [0, 0.1) is 5.82 Å². The zero-order valence-electron chi connectivity index (χ0n) is 17.1. The van der Waals surface area contributed by atoms with Crippen molar-refractivity contribution >= 4 is 15.8 Å². The first-order chi connectivity index (χ1) is 12.9. The molecule has 0 aliphatic heterocycles. The molecule has 0 saturated carbocycles. The van der Waals surface area contributed by atoms with E-state index in [1.54, 1.807) is 10.9 Å². The topological polar surface area (TPSA) is 103 Å². The van der Waals surface area contributed by atoms with Gasteiger partial charge in [-0.05, 0) is 42.9 Å². The zero-order chi connectivity index (χ0) is 21.2. The number of pyridine rings is 1. The summed E-state index contributed by atoms with van der Waals surface area (Å²) in [5.41, 5.74) is 1.54. The molecule has 0 bridgehead atoms. The van der Waals surface area contributed by atoms with Crippen LogP contribution in [0.2, 0.25) is 0 Å². The van der Waals surface area contributed by atoms with E-state index in [0.717, 1.165) is 0 Å². The molecule has 1 atom stereocenters. The van der Waals surface area contributed by atoms with Crippen molar-refractivity contribution in [3.63, 3.8) is 0 Å². The van der Waals surface area contributed by atoms with Crippen molar-refractivity contribution in [3.8, 4) is 0 Å². The van der Waals surface area contributed by atoms with Crippen LogP contribution in [-0.4, -0.2) is 24.9 Å². The molecule has 9 heteroatoms. The highest BCUT2D eigenvalue weighted by atomic mass is 32.2. The summed E-state index contributed by atoms with van der Waals surface area (Å²) in [7, 11) is -3.49. The van der Waals surface area contributed by atoms with E-state index >= 15 is 0 Å². The number of nitrogens with two attached hydrogens (primary N) is 1. The van der Waals surface area contributed by atoms with Crippen molar-refractivity contribution in [1.82, 2.24) is 14.8 Å². The fraction of sp³-hybridized carbons (Fsp3) is 0.526. The summed E-state index contributed by atoms with van der Waals surface area (Å²) in [6.45, 7) is 11.3. The van der Waals surface area contributed by atoms with E-state index in [1.165, 1.54) is 12.3 Å². The van der Waals surface area contributed by atoms with Gasteiger partial charge in [-0.2, -0.15) is 5.10 Å². The van der Waals surface area contributed by atoms with Crippen molar-refractivity contribution in [2.45, 2.75) is 70.9 Å². The SMILES string of the molecule is CC(C)c1ncc(F)c(C(C)C)c1CC(=O)N=S(N)(=O)c1ccn(C(C)C)n1. The molecule has 1 unspecified atom stereocenters. The van der Waals surface area contributed by atoms with Crippen molar-refractivity contribution in [2.75, 3.05) is 0 Å². The maximum atomic E-state index is 14.4. The zero-order valence-corrected chi connectivity index (χ0v) is 18.0. The Kier molecular flexibility index (Phi) is 6.71. The van der Waals surface area contributed by atoms with Crippen LogP contribution in [0.3, 0.4) is 0 Å². The highest BCUT2D eigenvalue weighted by molar-refractivity contribution is 7.91. The monoisotopic (exact) mass is 409 g/mol. The van der Waals surface area contributed by atoms with Crippen LogP contribution in [0.5, 0.6) is 0 Å². The summed E-state index contributed by atoms with van der Waals surface area (Å²) in [6, 6.07) is 1.54. The van der Waals surface area contributed by atoms with Gasteiger partial charge in [0.15, 0.2) is 14.9 Å². The van der Waals surface area contributed by atoms with E-state index in [0.29, 0.717) is 16.8 Å². The molecule has 0 aromatic carbocycles. The number of rotatable bonds is 6. The molecule has 2 aromatic rings. The van der Waals surface area contributed by atoms with Gasteiger partial charge < -0.3 is 0 Å². The van der Waals surface area contributed by atoms with Gasteiger partial charge in [-0.3, -0.25) is 14.5 Å². The Bertz CT molecular complexity index is 988. The molecule has 0 saturated heterocycles. The Morgan fingerprint density at radius 3 is 2.39 bits per heavy atom. The average molecular weight is 410 g/mol. The summed E-state index contributed by atoms with van der Waals surface area (Å²) in [5.74, 6) is -1.31. The number of carbonyl (C=O) groups excluding carboxylic acids is 1. The van der Waals surface area contributed by atoms with E-state index in [-0.39, 0.29) is 29.3 Å². The van der Waals surface area contributed by atoms with Gasteiger partial charge in [-0.25, -0.2) is 13.7 Å². The highest BCUT2D eigenvalue weighted by Gasteiger charge is 2.22.